The quantitative estimate of drug-likeness (QED) is 0.250. The zero-order valence-electron chi connectivity index (χ0n) is 14.3. The van der Waals surface area contributed by atoms with Crippen LogP contribution in [0.15, 0.2) is 85.0 Å². The molecule has 0 heterocycles. The number of hydrogen-bond donors (Lipinski definition) is 0. The Labute approximate surface area is 164 Å². The van der Waals surface area contributed by atoms with Gasteiger partial charge in [-0.05, 0) is 6.08 Å². The molecule has 0 bridgehead atoms. The van der Waals surface area contributed by atoms with Crippen molar-refractivity contribution in [2.45, 2.75) is 10.8 Å². The Morgan fingerprint density at radius 2 is 1.21 bits per heavy atom. The molecule has 7 nitrogen and oxygen atoms in total. The van der Waals surface area contributed by atoms with E-state index >= 15 is 0 Å². The fourth-order valence-corrected chi connectivity index (χ4v) is 2.65. The molecule has 0 amide bonds. The molecule has 28 heavy (non-hydrogen) atoms. The van der Waals surface area contributed by atoms with Gasteiger partial charge >= 0.3 is 10.8 Å². The minimum atomic E-state index is -3.16. The molecule has 0 fully saturated rings. The van der Waals surface area contributed by atoms with Gasteiger partial charge in [0, 0.05) is 11.1 Å². The van der Waals surface area contributed by atoms with Crippen molar-refractivity contribution in [2.75, 3.05) is 0 Å². The summed E-state index contributed by atoms with van der Waals surface area (Å²) < 4.78 is 13.4. The summed E-state index contributed by atoms with van der Waals surface area (Å²) in [5.74, 6) is 0.0752. The second-order valence-electron chi connectivity index (χ2n) is 5.64. The molecule has 0 aliphatic heterocycles. The van der Waals surface area contributed by atoms with E-state index < -0.39 is 20.6 Å². The van der Waals surface area contributed by atoms with E-state index in [9.17, 15) is 29.4 Å². The molecule has 0 saturated carbocycles. The SMILES string of the molecule is O=C(c1ccccc1)c1ccccc1.O=[N+]([O-])C1([N+](=O)[O-])C=CC=CC1(F)Cl. The van der Waals surface area contributed by atoms with Crippen LogP contribution < -0.4 is 0 Å². The smallest absolute Gasteiger partial charge is 0.289 e. The molecule has 9 heteroatoms. The second kappa shape index (κ2) is 8.53. The van der Waals surface area contributed by atoms with Crippen LogP contribution in [0.5, 0.6) is 0 Å². The standard InChI is InChI=1S/C13H10O.C6H4ClFN2O4/c14-13(11-7-3-1-4-8-11)12-9-5-2-6-10-12;7-5(8)3-1-2-4-6(5,9(11)12)10(13)14/h1-10H;1-4H. The summed E-state index contributed by atoms with van der Waals surface area (Å²) in [7, 11) is 0. The van der Waals surface area contributed by atoms with Gasteiger partial charge in [0.1, 0.15) is 9.85 Å². The van der Waals surface area contributed by atoms with Crippen LogP contribution >= 0.6 is 11.6 Å². The molecule has 144 valence electrons. The maximum Gasteiger partial charge on any atom is 0.527 e. The molecule has 1 aliphatic carbocycles. The van der Waals surface area contributed by atoms with Gasteiger partial charge in [-0.15, -0.1) is 0 Å². The first-order valence-electron chi connectivity index (χ1n) is 7.91. The van der Waals surface area contributed by atoms with E-state index in [0.29, 0.717) is 12.2 Å². The van der Waals surface area contributed by atoms with Crippen molar-refractivity contribution in [3.63, 3.8) is 0 Å². The highest BCUT2D eigenvalue weighted by molar-refractivity contribution is 6.25. The predicted molar refractivity (Wildman–Crippen MR) is 101 cm³/mol. The summed E-state index contributed by atoms with van der Waals surface area (Å²) >= 11 is 5.10. The van der Waals surface area contributed by atoms with Crippen LogP contribution in [0.4, 0.5) is 4.39 Å². The van der Waals surface area contributed by atoms with Crippen molar-refractivity contribution in [1.29, 1.82) is 0 Å². The highest BCUT2D eigenvalue weighted by Gasteiger charge is 2.71. The summed E-state index contributed by atoms with van der Waals surface area (Å²) in [6.07, 6.45) is 3.16. The summed E-state index contributed by atoms with van der Waals surface area (Å²) in [5, 5.41) is 17.8. The van der Waals surface area contributed by atoms with E-state index in [0.717, 1.165) is 23.3 Å². The molecule has 1 aliphatic rings. The normalized spacial score (nSPS) is 19.2. The highest BCUT2D eigenvalue weighted by atomic mass is 35.5. The van der Waals surface area contributed by atoms with E-state index in [2.05, 4.69) is 0 Å². The van der Waals surface area contributed by atoms with Crippen LogP contribution in [0, 0.1) is 20.2 Å². The number of alkyl halides is 2. The average Bonchev–Trinajstić information content (AvgIpc) is 2.68. The Balaban J connectivity index is 0.000000200. The van der Waals surface area contributed by atoms with Crippen LogP contribution in [0.3, 0.4) is 0 Å². The molecule has 0 saturated heterocycles. The third-order valence-electron chi connectivity index (χ3n) is 3.86. The molecule has 0 aromatic heterocycles. The van der Waals surface area contributed by atoms with Gasteiger partial charge in [-0.2, -0.15) is 0 Å². The van der Waals surface area contributed by atoms with Crippen LogP contribution in [0.2, 0.25) is 0 Å². The zero-order chi connectivity index (χ0) is 20.8. The highest BCUT2D eigenvalue weighted by Crippen LogP contribution is 2.39. The minimum Gasteiger partial charge on any atom is -0.289 e. The number of nitro groups is 2. The minimum absolute atomic E-state index is 0.0752. The molecular weight excluding hydrogens is 391 g/mol. The Hall–Kier alpha value is -3.39. The van der Waals surface area contributed by atoms with Gasteiger partial charge in [0.15, 0.2) is 5.78 Å². The maximum absolute atomic E-state index is 13.4. The van der Waals surface area contributed by atoms with Gasteiger partial charge in [-0.3, -0.25) is 25.0 Å². The number of rotatable bonds is 4. The van der Waals surface area contributed by atoms with Crippen LogP contribution in [0.25, 0.3) is 0 Å². The zero-order valence-corrected chi connectivity index (χ0v) is 15.0. The van der Waals surface area contributed by atoms with Crippen molar-refractivity contribution >= 4 is 17.4 Å². The molecule has 0 spiro atoms. The number of hydrogen-bond acceptors (Lipinski definition) is 5. The fraction of sp³-hybridized carbons (Fsp3) is 0.105. The fourth-order valence-electron chi connectivity index (χ4n) is 2.38. The molecule has 2 aromatic carbocycles. The lowest BCUT2D eigenvalue weighted by molar-refractivity contribution is -0.790. The van der Waals surface area contributed by atoms with E-state index in [1.807, 2.05) is 60.7 Å². The lowest BCUT2D eigenvalue weighted by Crippen LogP contribution is -2.57. The molecule has 3 rings (SSSR count). The van der Waals surface area contributed by atoms with Crippen LogP contribution in [-0.4, -0.2) is 26.4 Å². The first kappa shape index (κ1) is 20.9. The van der Waals surface area contributed by atoms with Crippen molar-refractivity contribution in [3.05, 3.63) is 116 Å². The largest absolute Gasteiger partial charge is 0.527 e. The number of carbonyl (C=O) groups excluding carboxylic acids is 1. The topological polar surface area (TPSA) is 103 Å². The number of halogens is 2. The van der Waals surface area contributed by atoms with Crippen molar-refractivity contribution in [1.82, 2.24) is 0 Å². The van der Waals surface area contributed by atoms with E-state index in [4.69, 9.17) is 11.6 Å². The lowest BCUT2D eigenvalue weighted by Gasteiger charge is -2.22. The Morgan fingerprint density at radius 1 is 0.821 bits per heavy atom. The summed E-state index contributed by atoms with van der Waals surface area (Å²) in [6, 6.07) is 18.6. The molecular formula is C19H14ClFN2O5. The van der Waals surface area contributed by atoms with Crippen molar-refractivity contribution in [3.8, 4) is 0 Å². The maximum atomic E-state index is 13.4. The van der Waals surface area contributed by atoms with Gasteiger partial charge in [-0.25, -0.2) is 4.39 Å². The van der Waals surface area contributed by atoms with E-state index in [-0.39, 0.29) is 5.78 Å². The number of carbonyl (C=O) groups is 1. The second-order valence-corrected chi connectivity index (χ2v) is 6.19. The first-order chi connectivity index (χ1) is 13.2. The van der Waals surface area contributed by atoms with Crippen LogP contribution in [0.1, 0.15) is 15.9 Å². The summed E-state index contributed by atoms with van der Waals surface area (Å²) in [4.78, 5) is 30.1. The molecule has 0 N–H and O–H groups in total. The van der Waals surface area contributed by atoms with Gasteiger partial charge < -0.3 is 0 Å². The predicted octanol–water partition coefficient (Wildman–Crippen LogP) is 4.18. The molecule has 2 aromatic rings. The summed E-state index contributed by atoms with van der Waals surface area (Å²) in [6.45, 7) is 0. The van der Waals surface area contributed by atoms with E-state index in [1.54, 1.807) is 0 Å². The molecule has 0 radical (unpaired) electrons. The molecule has 1 unspecified atom stereocenters. The third-order valence-corrected chi connectivity index (χ3v) is 4.27. The molecule has 1 atom stereocenters. The van der Waals surface area contributed by atoms with E-state index in [1.165, 1.54) is 0 Å². The number of ketones is 1. The van der Waals surface area contributed by atoms with Gasteiger partial charge in [-0.1, -0.05) is 84.4 Å². The van der Waals surface area contributed by atoms with Gasteiger partial charge in [0.2, 0.25) is 0 Å². The number of allylic oxidation sites excluding steroid dienone is 2. The van der Waals surface area contributed by atoms with Gasteiger partial charge in [0.25, 0.3) is 0 Å². The van der Waals surface area contributed by atoms with Crippen molar-refractivity contribution < 1.29 is 19.0 Å². The Bertz CT molecular complexity index is 874. The van der Waals surface area contributed by atoms with Crippen molar-refractivity contribution in [2.24, 2.45) is 0 Å². The Morgan fingerprint density at radius 3 is 1.54 bits per heavy atom. The number of nitrogens with zero attached hydrogens (tertiary/aromatic N) is 2. The summed E-state index contributed by atoms with van der Waals surface area (Å²) in [5.41, 5.74) is -1.68. The van der Waals surface area contributed by atoms with Gasteiger partial charge in [0.05, 0.1) is 6.08 Å². The lowest BCUT2D eigenvalue weighted by atomic mass is 10.00. The van der Waals surface area contributed by atoms with Crippen LogP contribution in [-0.2, 0) is 0 Å². The number of benzene rings is 2. The monoisotopic (exact) mass is 404 g/mol. The third kappa shape index (κ3) is 4.12. The first-order valence-corrected chi connectivity index (χ1v) is 8.29. The Kier molecular flexibility index (Phi) is 6.37. The average molecular weight is 405 g/mol.